The summed E-state index contributed by atoms with van der Waals surface area (Å²) in [5.74, 6) is 0.644. The van der Waals surface area contributed by atoms with Crippen LogP contribution in [0, 0.1) is 5.82 Å². The van der Waals surface area contributed by atoms with Crippen LogP contribution in [0.2, 0.25) is 5.02 Å². The van der Waals surface area contributed by atoms with E-state index in [-0.39, 0.29) is 11.1 Å². The van der Waals surface area contributed by atoms with Gasteiger partial charge in [0.25, 0.3) is 0 Å². The Labute approximate surface area is 133 Å². The smallest absolute Gasteiger partial charge is 0.141 e. The van der Waals surface area contributed by atoms with Crippen LogP contribution in [0.5, 0.6) is 0 Å². The summed E-state index contributed by atoms with van der Waals surface area (Å²) in [5, 5.41) is 3.46. The van der Waals surface area contributed by atoms with Gasteiger partial charge in [-0.2, -0.15) is 0 Å². The van der Waals surface area contributed by atoms with Crippen molar-refractivity contribution in [2.45, 2.75) is 18.9 Å². The summed E-state index contributed by atoms with van der Waals surface area (Å²) in [7, 11) is 0. The average molecular weight is 322 g/mol. The zero-order valence-corrected chi connectivity index (χ0v) is 12.7. The summed E-state index contributed by atoms with van der Waals surface area (Å²) >= 11 is 5.94. The van der Waals surface area contributed by atoms with Gasteiger partial charge in [0.15, 0.2) is 0 Å². The van der Waals surface area contributed by atoms with Crippen molar-refractivity contribution in [1.29, 1.82) is 0 Å². The van der Waals surface area contributed by atoms with E-state index in [1.807, 2.05) is 4.90 Å². The van der Waals surface area contributed by atoms with E-state index < -0.39 is 5.82 Å². The lowest BCUT2D eigenvalue weighted by molar-refractivity contribution is 0.451. The van der Waals surface area contributed by atoms with E-state index in [9.17, 15) is 4.39 Å². The summed E-state index contributed by atoms with van der Waals surface area (Å²) in [6, 6.07) is 6.60. The van der Waals surface area contributed by atoms with E-state index in [1.165, 1.54) is 12.4 Å². The second-order valence-corrected chi connectivity index (χ2v) is 5.68. The minimum absolute atomic E-state index is 0.0910. The van der Waals surface area contributed by atoms with Crippen LogP contribution in [0.1, 0.15) is 12.8 Å². The molecule has 22 heavy (non-hydrogen) atoms. The van der Waals surface area contributed by atoms with E-state index in [0.717, 1.165) is 31.6 Å². The molecule has 5 nitrogen and oxygen atoms in total. The molecule has 1 aliphatic heterocycles. The molecule has 2 aromatic rings. The Morgan fingerprint density at radius 1 is 1.32 bits per heavy atom. The van der Waals surface area contributed by atoms with Crippen molar-refractivity contribution in [3.05, 3.63) is 41.4 Å². The third-order valence-electron chi connectivity index (χ3n) is 3.74. The Morgan fingerprint density at radius 3 is 2.86 bits per heavy atom. The van der Waals surface area contributed by atoms with Crippen LogP contribution in [0.25, 0.3) is 0 Å². The molecule has 116 valence electrons. The highest BCUT2D eigenvalue weighted by molar-refractivity contribution is 6.31. The highest BCUT2D eigenvalue weighted by Gasteiger charge is 2.24. The molecular weight excluding hydrogens is 305 g/mol. The summed E-state index contributed by atoms with van der Waals surface area (Å²) < 4.78 is 13.5. The molecule has 1 aromatic heterocycles. The maximum absolute atomic E-state index is 13.5. The fourth-order valence-electron chi connectivity index (χ4n) is 2.71. The van der Waals surface area contributed by atoms with Crippen molar-refractivity contribution in [3.8, 4) is 0 Å². The molecule has 1 aliphatic rings. The summed E-state index contributed by atoms with van der Waals surface area (Å²) in [6.45, 7) is 1.82. The van der Waals surface area contributed by atoms with Crippen molar-refractivity contribution in [1.82, 2.24) is 15.3 Å². The predicted molar refractivity (Wildman–Crippen MR) is 85.9 cm³/mol. The Hall–Kier alpha value is -1.92. The predicted octanol–water partition coefficient (Wildman–Crippen LogP) is 2.74. The van der Waals surface area contributed by atoms with Crippen molar-refractivity contribution < 1.29 is 4.39 Å². The first-order valence-electron chi connectivity index (χ1n) is 7.17. The van der Waals surface area contributed by atoms with Gasteiger partial charge in [0.2, 0.25) is 0 Å². The van der Waals surface area contributed by atoms with Gasteiger partial charge in [-0.05, 0) is 37.6 Å². The fraction of sp³-hybridized carbons (Fsp3) is 0.333. The number of anilines is 3. The Balaban J connectivity index is 2.03. The normalized spacial score (nSPS) is 18.2. The van der Waals surface area contributed by atoms with Crippen LogP contribution in [-0.2, 0) is 0 Å². The SMILES string of the molecule is Nc1cc(N(c2ccc(F)c(Cl)c2)C2CCCNC2)ncn1. The van der Waals surface area contributed by atoms with Crippen LogP contribution >= 0.6 is 11.6 Å². The molecule has 1 aromatic carbocycles. The van der Waals surface area contributed by atoms with Crippen molar-refractivity contribution in [2.24, 2.45) is 0 Å². The first-order chi connectivity index (χ1) is 10.6. The highest BCUT2D eigenvalue weighted by Crippen LogP contribution is 2.31. The van der Waals surface area contributed by atoms with E-state index in [0.29, 0.717) is 11.6 Å². The van der Waals surface area contributed by atoms with E-state index in [2.05, 4.69) is 15.3 Å². The van der Waals surface area contributed by atoms with Crippen LogP contribution in [0.15, 0.2) is 30.6 Å². The first kappa shape index (κ1) is 15.0. The van der Waals surface area contributed by atoms with E-state index in [4.69, 9.17) is 17.3 Å². The van der Waals surface area contributed by atoms with Gasteiger partial charge in [0, 0.05) is 24.3 Å². The number of halogens is 2. The third kappa shape index (κ3) is 3.13. The van der Waals surface area contributed by atoms with Gasteiger partial charge in [0.05, 0.1) is 5.02 Å². The second kappa shape index (κ2) is 6.46. The number of benzene rings is 1. The summed E-state index contributed by atoms with van der Waals surface area (Å²) in [6.07, 6.45) is 3.50. The van der Waals surface area contributed by atoms with Crippen molar-refractivity contribution in [2.75, 3.05) is 23.7 Å². The summed E-state index contributed by atoms with van der Waals surface area (Å²) in [4.78, 5) is 10.3. The van der Waals surface area contributed by atoms with Crippen LogP contribution in [-0.4, -0.2) is 29.1 Å². The summed E-state index contributed by atoms with van der Waals surface area (Å²) in [5.41, 5.74) is 6.57. The lowest BCUT2D eigenvalue weighted by Crippen LogP contribution is -2.44. The maximum Gasteiger partial charge on any atom is 0.141 e. The van der Waals surface area contributed by atoms with Crippen LogP contribution < -0.4 is 16.0 Å². The zero-order chi connectivity index (χ0) is 15.5. The standard InChI is InChI=1S/C15H17ClFN5/c16-12-6-10(3-4-13(12)17)22(11-2-1-5-19-8-11)15-7-14(18)20-9-21-15/h3-4,6-7,9,11,19H,1-2,5,8H2,(H2,18,20,21). The second-order valence-electron chi connectivity index (χ2n) is 5.27. The number of nitrogens with zero attached hydrogens (tertiary/aromatic N) is 3. The molecule has 0 aliphatic carbocycles. The first-order valence-corrected chi connectivity index (χ1v) is 7.55. The molecule has 1 saturated heterocycles. The number of aromatic nitrogens is 2. The van der Waals surface area contributed by atoms with Crippen LogP contribution in [0.3, 0.4) is 0 Å². The number of nitrogens with one attached hydrogen (secondary N) is 1. The number of piperidine rings is 1. The number of rotatable bonds is 3. The Morgan fingerprint density at radius 2 is 2.18 bits per heavy atom. The van der Waals surface area contributed by atoms with Gasteiger partial charge in [-0.3, -0.25) is 0 Å². The lowest BCUT2D eigenvalue weighted by atomic mass is 10.0. The molecule has 0 saturated carbocycles. The van der Waals surface area contributed by atoms with E-state index >= 15 is 0 Å². The minimum atomic E-state index is -0.436. The molecule has 1 fully saturated rings. The highest BCUT2D eigenvalue weighted by atomic mass is 35.5. The van der Waals surface area contributed by atoms with Gasteiger partial charge in [-0.15, -0.1) is 0 Å². The van der Waals surface area contributed by atoms with Crippen molar-refractivity contribution >= 4 is 28.9 Å². The number of hydrogen-bond acceptors (Lipinski definition) is 5. The molecule has 0 amide bonds. The topological polar surface area (TPSA) is 67.1 Å². The molecule has 0 spiro atoms. The van der Waals surface area contributed by atoms with Gasteiger partial charge in [-0.1, -0.05) is 11.6 Å². The Kier molecular flexibility index (Phi) is 4.40. The monoisotopic (exact) mass is 321 g/mol. The molecule has 3 N–H and O–H groups in total. The molecular formula is C15H17ClFN5. The lowest BCUT2D eigenvalue weighted by Gasteiger charge is -2.35. The Bertz CT molecular complexity index is 660. The van der Waals surface area contributed by atoms with Crippen LogP contribution in [0.4, 0.5) is 21.7 Å². The average Bonchev–Trinajstić information content (AvgIpc) is 2.52. The molecule has 1 unspecified atom stereocenters. The zero-order valence-electron chi connectivity index (χ0n) is 12.0. The number of hydrogen-bond donors (Lipinski definition) is 2. The molecule has 2 heterocycles. The number of nitrogen functional groups attached to an aromatic ring is 1. The molecule has 0 bridgehead atoms. The van der Waals surface area contributed by atoms with Gasteiger partial charge in [-0.25, -0.2) is 14.4 Å². The largest absolute Gasteiger partial charge is 0.384 e. The molecule has 3 rings (SSSR count). The molecule has 1 atom stereocenters. The van der Waals surface area contributed by atoms with Gasteiger partial charge < -0.3 is 16.0 Å². The van der Waals surface area contributed by atoms with Gasteiger partial charge >= 0.3 is 0 Å². The quantitative estimate of drug-likeness (QED) is 0.910. The molecule has 7 heteroatoms. The molecule has 0 radical (unpaired) electrons. The minimum Gasteiger partial charge on any atom is -0.384 e. The van der Waals surface area contributed by atoms with Gasteiger partial charge in [0.1, 0.15) is 23.8 Å². The maximum atomic E-state index is 13.5. The third-order valence-corrected chi connectivity index (χ3v) is 4.03. The van der Waals surface area contributed by atoms with Crippen molar-refractivity contribution in [3.63, 3.8) is 0 Å². The van der Waals surface area contributed by atoms with E-state index in [1.54, 1.807) is 18.2 Å². The fourth-order valence-corrected chi connectivity index (χ4v) is 2.89. The number of nitrogens with two attached hydrogens (primary N) is 1.